The van der Waals surface area contributed by atoms with Crippen LogP contribution < -0.4 is 0 Å². The van der Waals surface area contributed by atoms with Gasteiger partial charge in [-0.1, -0.05) is 127 Å². The van der Waals surface area contributed by atoms with Gasteiger partial charge in [0.05, 0.1) is 16.7 Å². The molecule has 0 aliphatic carbocycles. The molecule has 7 aromatic carbocycles. The molecule has 4 heterocycles. The van der Waals surface area contributed by atoms with E-state index in [0.29, 0.717) is 5.82 Å². The monoisotopic (exact) mass is 727 g/mol. The number of aromatic nitrogens is 5. The smallest absolute Gasteiger partial charge is 0.159 e. The van der Waals surface area contributed by atoms with Crippen LogP contribution >= 0.6 is 0 Å². The first kappa shape index (κ1) is 32.7. The quantitative estimate of drug-likeness (QED) is 0.160. The number of nitrogens with zero attached hydrogens (tertiary/aromatic N) is 5. The van der Waals surface area contributed by atoms with Crippen molar-refractivity contribution in [3.05, 3.63) is 201 Å². The van der Waals surface area contributed by atoms with Crippen molar-refractivity contribution in [1.82, 2.24) is 24.5 Å². The minimum absolute atomic E-state index is 0.685. The summed E-state index contributed by atoms with van der Waals surface area (Å²) >= 11 is 0. The summed E-state index contributed by atoms with van der Waals surface area (Å²) in [5.41, 5.74) is 13.2. The second-order valence-electron chi connectivity index (χ2n) is 14.3. The Balaban J connectivity index is 0.978. The standard InChI is InChI=1S/C52H33N5/c1-2-10-34(11-3-1)50-41-15-4-6-17-43(41)51(44-18-7-5-16-42(44)50)35-19-21-36(22-20-35)52-55-29-25-47(56-52)38-23-24-48-45(31-38)46-33-54-28-26-49(46)57(48)40-14-8-12-37(30-40)39-13-9-27-53-32-39/h1-33H. The van der Waals surface area contributed by atoms with Gasteiger partial charge >= 0.3 is 0 Å². The average molecular weight is 728 g/mol. The zero-order valence-electron chi connectivity index (χ0n) is 30.8. The minimum atomic E-state index is 0.685. The van der Waals surface area contributed by atoms with Crippen molar-refractivity contribution in [2.24, 2.45) is 0 Å². The normalized spacial score (nSPS) is 11.5. The molecular formula is C52H33N5. The van der Waals surface area contributed by atoms with Crippen LogP contribution in [-0.4, -0.2) is 24.5 Å². The zero-order valence-corrected chi connectivity index (χ0v) is 30.8. The Morgan fingerprint density at radius 1 is 0.351 bits per heavy atom. The van der Waals surface area contributed by atoms with Crippen molar-refractivity contribution in [2.45, 2.75) is 0 Å². The van der Waals surface area contributed by atoms with Crippen molar-refractivity contribution in [1.29, 1.82) is 0 Å². The van der Waals surface area contributed by atoms with E-state index in [-0.39, 0.29) is 0 Å². The number of hydrogen-bond donors (Lipinski definition) is 0. The molecule has 0 aliphatic rings. The van der Waals surface area contributed by atoms with Crippen LogP contribution in [0.5, 0.6) is 0 Å². The number of fused-ring (bicyclic) bond motifs is 5. The van der Waals surface area contributed by atoms with E-state index in [4.69, 9.17) is 9.97 Å². The summed E-state index contributed by atoms with van der Waals surface area (Å²) in [5.74, 6) is 0.685. The number of rotatable bonds is 6. The van der Waals surface area contributed by atoms with Crippen molar-refractivity contribution in [3.8, 4) is 61.7 Å². The van der Waals surface area contributed by atoms with Crippen LogP contribution in [0, 0.1) is 0 Å². The van der Waals surface area contributed by atoms with Crippen molar-refractivity contribution in [2.75, 3.05) is 0 Å². The molecular weight excluding hydrogens is 695 g/mol. The topological polar surface area (TPSA) is 56.5 Å². The Bertz CT molecular complexity index is 3220. The lowest BCUT2D eigenvalue weighted by Crippen LogP contribution is -1.95. The van der Waals surface area contributed by atoms with E-state index in [1.165, 1.54) is 38.2 Å². The van der Waals surface area contributed by atoms with Gasteiger partial charge in [0.15, 0.2) is 5.82 Å². The molecule has 0 bridgehead atoms. The fraction of sp³-hybridized carbons (Fsp3) is 0. The van der Waals surface area contributed by atoms with Crippen LogP contribution in [0.25, 0.3) is 105 Å². The summed E-state index contributed by atoms with van der Waals surface area (Å²) in [6.07, 6.45) is 9.37. The summed E-state index contributed by atoms with van der Waals surface area (Å²) in [6.45, 7) is 0. The maximum absolute atomic E-state index is 5.12. The van der Waals surface area contributed by atoms with Crippen LogP contribution in [0.3, 0.4) is 0 Å². The van der Waals surface area contributed by atoms with E-state index in [9.17, 15) is 0 Å². The molecule has 0 saturated carbocycles. The van der Waals surface area contributed by atoms with E-state index in [1.807, 2.05) is 36.9 Å². The Kier molecular flexibility index (Phi) is 7.74. The molecule has 57 heavy (non-hydrogen) atoms. The van der Waals surface area contributed by atoms with Gasteiger partial charge in [-0.05, 0) is 91.8 Å². The SMILES string of the molecule is c1ccc(-c2c3ccccc3c(-c3ccc(-c4nccc(-c5ccc6c(c5)c5cnccc5n6-c5cccc(-c6cccnc6)c5)n4)cc3)c3ccccc23)cc1. The van der Waals surface area contributed by atoms with E-state index in [1.54, 1.807) is 6.20 Å². The predicted molar refractivity (Wildman–Crippen MR) is 234 cm³/mol. The fourth-order valence-electron chi connectivity index (χ4n) is 8.46. The lowest BCUT2D eigenvalue weighted by atomic mass is 9.86. The first-order valence-electron chi connectivity index (χ1n) is 19.1. The third-order valence-corrected chi connectivity index (χ3v) is 11.0. The predicted octanol–water partition coefficient (Wildman–Crippen LogP) is 13.0. The van der Waals surface area contributed by atoms with Gasteiger partial charge in [-0.2, -0.15) is 0 Å². The molecule has 266 valence electrons. The van der Waals surface area contributed by atoms with Gasteiger partial charge in [-0.15, -0.1) is 0 Å². The summed E-state index contributed by atoms with van der Waals surface area (Å²) in [5, 5.41) is 7.15. The third-order valence-electron chi connectivity index (χ3n) is 11.0. The van der Waals surface area contributed by atoms with E-state index in [2.05, 4.69) is 172 Å². The molecule has 0 radical (unpaired) electrons. The van der Waals surface area contributed by atoms with Crippen LogP contribution in [0.1, 0.15) is 0 Å². The highest BCUT2D eigenvalue weighted by Crippen LogP contribution is 2.44. The first-order valence-corrected chi connectivity index (χ1v) is 19.1. The van der Waals surface area contributed by atoms with Crippen molar-refractivity contribution >= 4 is 43.4 Å². The van der Waals surface area contributed by atoms with Gasteiger partial charge in [0.25, 0.3) is 0 Å². The highest BCUT2D eigenvalue weighted by atomic mass is 15.0. The molecule has 11 aromatic rings. The molecule has 0 saturated heterocycles. The van der Waals surface area contributed by atoms with Crippen LogP contribution in [0.2, 0.25) is 0 Å². The fourth-order valence-corrected chi connectivity index (χ4v) is 8.46. The summed E-state index contributed by atoms with van der Waals surface area (Å²) in [7, 11) is 0. The van der Waals surface area contributed by atoms with Crippen molar-refractivity contribution in [3.63, 3.8) is 0 Å². The lowest BCUT2D eigenvalue weighted by Gasteiger charge is -2.17. The second kappa shape index (κ2) is 13.5. The number of hydrogen-bond acceptors (Lipinski definition) is 4. The van der Waals surface area contributed by atoms with Crippen LogP contribution in [0.15, 0.2) is 201 Å². The van der Waals surface area contributed by atoms with Gasteiger partial charge < -0.3 is 4.57 Å². The molecule has 5 heteroatoms. The Hall–Kier alpha value is -7.76. The number of benzene rings is 7. The van der Waals surface area contributed by atoms with E-state index in [0.717, 1.165) is 61.0 Å². The molecule has 0 spiro atoms. The molecule has 0 aliphatic heterocycles. The molecule has 0 unspecified atom stereocenters. The van der Waals surface area contributed by atoms with Gasteiger partial charge in [0, 0.05) is 64.1 Å². The Morgan fingerprint density at radius 2 is 0.965 bits per heavy atom. The second-order valence-corrected chi connectivity index (χ2v) is 14.3. The molecule has 0 atom stereocenters. The third kappa shape index (κ3) is 5.56. The van der Waals surface area contributed by atoms with Gasteiger partial charge in [0.2, 0.25) is 0 Å². The van der Waals surface area contributed by atoms with Gasteiger partial charge in [0.1, 0.15) is 0 Å². The molecule has 11 rings (SSSR count). The van der Waals surface area contributed by atoms with Crippen LogP contribution in [-0.2, 0) is 0 Å². The zero-order chi connectivity index (χ0) is 37.7. The summed E-state index contributed by atoms with van der Waals surface area (Å²) < 4.78 is 2.31. The van der Waals surface area contributed by atoms with E-state index < -0.39 is 0 Å². The maximum Gasteiger partial charge on any atom is 0.159 e. The highest BCUT2D eigenvalue weighted by Gasteiger charge is 2.18. The van der Waals surface area contributed by atoms with Crippen LogP contribution in [0.4, 0.5) is 0 Å². The van der Waals surface area contributed by atoms with Gasteiger partial charge in [-0.3, -0.25) is 9.97 Å². The summed E-state index contributed by atoms with van der Waals surface area (Å²) in [4.78, 5) is 18.7. The Labute approximate surface area is 329 Å². The first-order chi connectivity index (χ1) is 28.3. The highest BCUT2D eigenvalue weighted by molar-refractivity contribution is 6.21. The molecule has 4 aromatic heterocycles. The molecule has 0 amide bonds. The maximum atomic E-state index is 5.12. The van der Waals surface area contributed by atoms with Crippen molar-refractivity contribution < 1.29 is 0 Å². The molecule has 5 nitrogen and oxygen atoms in total. The summed E-state index contributed by atoms with van der Waals surface area (Å²) in [6, 6.07) is 60.2. The minimum Gasteiger partial charge on any atom is -0.309 e. The van der Waals surface area contributed by atoms with Gasteiger partial charge in [-0.25, -0.2) is 9.97 Å². The Morgan fingerprint density at radius 3 is 1.68 bits per heavy atom. The average Bonchev–Trinajstić information content (AvgIpc) is 3.62. The largest absolute Gasteiger partial charge is 0.309 e. The van der Waals surface area contributed by atoms with E-state index >= 15 is 0 Å². The lowest BCUT2D eigenvalue weighted by molar-refractivity contribution is 1.17. The molecule has 0 N–H and O–H groups in total. The number of pyridine rings is 2. The molecule has 0 fully saturated rings.